The molecule has 0 saturated carbocycles. The second-order valence-corrected chi connectivity index (χ2v) is 4.41. The highest BCUT2D eigenvalue weighted by molar-refractivity contribution is 5.77. The molecule has 2 N–H and O–H groups in total. The van der Waals surface area contributed by atoms with Gasteiger partial charge in [0.15, 0.2) is 6.61 Å². The van der Waals surface area contributed by atoms with Crippen LogP contribution in [-0.4, -0.2) is 23.7 Å². The Labute approximate surface area is 108 Å². The zero-order valence-corrected chi connectivity index (χ0v) is 11.1. The van der Waals surface area contributed by atoms with E-state index in [4.69, 9.17) is 4.74 Å². The average molecular weight is 251 g/mol. The van der Waals surface area contributed by atoms with E-state index >= 15 is 0 Å². The Hall–Kier alpha value is -1.55. The van der Waals surface area contributed by atoms with Gasteiger partial charge in [-0.15, -0.1) is 0 Å². The molecule has 0 aliphatic carbocycles. The molecule has 1 unspecified atom stereocenters. The number of nitrogens with one attached hydrogen (secondary N) is 1. The maximum Gasteiger partial charge on any atom is 0.258 e. The molecule has 0 bridgehead atoms. The number of aliphatic hydroxyl groups is 1. The van der Waals surface area contributed by atoms with Crippen LogP contribution in [0, 0.1) is 0 Å². The first-order chi connectivity index (χ1) is 8.52. The van der Waals surface area contributed by atoms with Crippen molar-refractivity contribution in [2.24, 2.45) is 0 Å². The van der Waals surface area contributed by atoms with E-state index in [-0.39, 0.29) is 18.6 Å². The van der Waals surface area contributed by atoms with Crippen LogP contribution in [0.2, 0.25) is 0 Å². The molecule has 18 heavy (non-hydrogen) atoms. The summed E-state index contributed by atoms with van der Waals surface area (Å²) in [4.78, 5) is 11.5. The van der Waals surface area contributed by atoms with Gasteiger partial charge in [0.1, 0.15) is 5.75 Å². The number of benzene rings is 1. The molecule has 0 aliphatic heterocycles. The number of amides is 1. The maximum absolute atomic E-state index is 11.5. The van der Waals surface area contributed by atoms with Gasteiger partial charge in [0.05, 0.1) is 6.10 Å². The van der Waals surface area contributed by atoms with Gasteiger partial charge in [-0.25, -0.2) is 0 Å². The first-order valence-corrected chi connectivity index (χ1v) is 6.23. The molecule has 100 valence electrons. The fraction of sp³-hybridized carbons (Fsp3) is 0.500. The summed E-state index contributed by atoms with van der Waals surface area (Å²) >= 11 is 0. The lowest BCUT2D eigenvalue weighted by Crippen LogP contribution is -2.35. The van der Waals surface area contributed by atoms with Gasteiger partial charge >= 0.3 is 0 Å². The minimum absolute atomic E-state index is 0.00635. The minimum atomic E-state index is -0.539. The van der Waals surface area contributed by atoms with Crippen molar-refractivity contribution in [3.05, 3.63) is 29.8 Å². The zero-order valence-electron chi connectivity index (χ0n) is 11.1. The molecular formula is C14H21NO3. The molecule has 4 heteroatoms. The van der Waals surface area contributed by atoms with Crippen molar-refractivity contribution < 1.29 is 14.6 Å². The molecule has 1 rings (SSSR count). The third kappa shape index (κ3) is 4.75. The van der Waals surface area contributed by atoms with E-state index in [1.807, 2.05) is 19.9 Å². The van der Waals surface area contributed by atoms with Crippen molar-refractivity contribution in [1.29, 1.82) is 0 Å². The smallest absolute Gasteiger partial charge is 0.258 e. The summed E-state index contributed by atoms with van der Waals surface area (Å²) in [5.74, 6) is 0.458. The van der Waals surface area contributed by atoms with Crippen LogP contribution in [0.25, 0.3) is 0 Å². The number of hydrogen-bond acceptors (Lipinski definition) is 3. The van der Waals surface area contributed by atoms with Crippen LogP contribution in [0.5, 0.6) is 5.75 Å². The molecule has 1 aromatic rings. The summed E-state index contributed by atoms with van der Waals surface area (Å²) in [6.07, 6.45) is 0.353. The maximum atomic E-state index is 11.5. The van der Waals surface area contributed by atoms with E-state index in [2.05, 4.69) is 5.32 Å². The number of ether oxygens (including phenoxy) is 1. The largest absolute Gasteiger partial charge is 0.484 e. The molecule has 0 heterocycles. The van der Waals surface area contributed by atoms with Crippen molar-refractivity contribution in [2.45, 2.75) is 39.3 Å². The Morgan fingerprint density at radius 3 is 2.78 bits per heavy atom. The Kier molecular flexibility index (Phi) is 5.65. The van der Waals surface area contributed by atoms with Crippen LogP contribution < -0.4 is 10.1 Å². The van der Waals surface area contributed by atoms with Crippen molar-refractivity contribution in [3.63, 3.8) is 0 Å². The molecule has 0 spiro atoms. The topological polar surface area (TPSA) is 58.6 Å². The summed E-state index contributed by atoms with van der Waals surface area (Å²) in [5.41, 5.74) is 0.773. The number of hydrogen-bond donors (Lipinski definition) is 2. The number of rotatable bonds is 6. The van der Waals surface area contributed by atoms with Gasteiger partial charge in [0.2, 0.25) is 0 Å². The van der Waals surface area contributed by atoms with E-state index in [0.29, 0.717) is 5.75 Å². The second kappa shape index (κ2) is 7.01. The number of carbonyl (C=O) groups is 1. The lowest BCUT2D eigenvalue weighted by molar-refractivity contribution is -0.123. The predicted molar refractivity (Wildman–Crippen MR) is 70.5 cm³/mol. The van der Waals surface area contributed by atoms with Gasteiger partial charge in [-0.1, -0.05) is 19.1 Å². The fourth-order valence-corrected chi connectivity index (χ4v) is 1.43. The Morgan fingerprint density at radius 2 is 2.17 bits per heavy atom. The summed E-state index contributed by atoms with van der Waals surface area (Å²) in [6.45, 7) is 5.65. The monoisotopic (exact) mass is 251 g/mol. The van der Waals surface area contributed by atoms with E-state index in [9.17, 15) is 9.90 Å². The highest BCUT2D eigenvalue weighted by Gasteiger charge is 2.07. The Bertz CT molecular complexity index is 390. The van der Waals surface area contributed by atoms with Crippen molar-refractivity contribution in [3.8, 4) is 5.75 Å². The van der Waals surface area contributed by atoms with E-state index in [1.54, 1.807) is 25.1 Å². The zero-order chi connectivity index (χ0) is 13.5. The quantitative estimate of drug-likeness (QED) is 0.813. The SMILES string of the molecule is CCC(C)NC(=O)COc1cccc([C@@H](C)O)c1. The predicted octanol–water partition coefficient (Wildman–Crippen LogP) is 2.03. The van der Waals surface area contributed by atoms with Crippen molar-refractivity contribution >= 4 is 5.91 Å². The molecule has 0 radical (unpaired) electrons. The number of carbonyl (C=O) groups excluding carboxylic acids is 1. The molecular weight excluding hydrogens is 230 g/mol. The first kappa shape index (κ1) is 14.5. The van der Waals surface area contributed by atoms with E-state index in [0.717, 1.165) is 12.0 Å². The van der Waals surface area contributed by atoms with Gasteiger partial charge in [0, 0.05) is 6.04 Å². The first-order valence-electron chi connectivity index (χ1n) is 6.23. The molecule has 2 atom stereocenters. The van der Waals surface area contributed by atoms with Crippen LogP contribution in [0.4, 0.5) is 0 Å². The lowest BCUT2D eigenvalue weighted by atomic mass is 10.1. The minimum Gasteiger partial charge on any atom is -0.484 e. The molecule has 4 nitrogen and oxygen atoms in total. The third-order valence-electron chi connectivity index (χ3n) is 2.73. The van der Waals surface area contributed by atoms with Gasteiger partial charge in [-0.2, -0.15) is 0 Å². The van der Waals surface area contributed by atoms with Crippen LogP contribution in [0.15, 0.2) is 24.3 Å². The number of aliphatic hydroxyl groups excluding tert-OH is 1. The second-order valence-electron chi connectivity index (χ2n) is 4.41. The van der Waals surface area contributed by atoms with Crippen LogP contribution in [0.3, 0.4) is 0 Å². The van der Waals surface area contributed by atoms with Gasteiger partial charge < -0.3 is 15.2 Å². The van der Waals surface area contributed by atoms with Gasteiger partial charge in [-0.05, 0) is 38.0 Å². The summed E-state index contributed by atoms with van der Waals surface area (Å²) < 4.78 is 5.38. The lowest BCUT2D eigenvalue weighted by Gasteiger charge is -2.12. The summed E-state index contributed by atoms with van der Waals surface area (Å²) in [7, 11) is 0. The van der Waals surface area contributed by atoms with E-state index < -0.39 is 6.10 Å². The molecule has 0 saturated heterocycles. The highest BCUT2D eigenvalue weighted by atomic mass is 16.5. The molecule has 0 fully saturated rings. The summed E-state index contributed by atoms with van der Waals surface area (Å²) in [5, 5.41) is 12.3. The Balaban J connectivity index is 2.48. The standard InChI is InChI=1S/C14H21NO3/c1-4-10(2)15-14(17)9-18-13-7-5-6-12(8-13)11(3)16/h5-8,10-11,16H,4,9H2,1-3H3,(H,15,17)/t10?,11-/m1/s1. The van der Waals surface area contributed by atoms with Crippen LogP contribution >= 0.6 is 0 Å². The molecule has 0 aliphatic rings. The van der Waals surface area contributed by atoms with Crippen LogP contribution in [-0.2, 0) is 4.79 Å². The third-order valence-corrected chi connectivity index (χ3v) is 2.73. The normalized spacial score (nSPS) is 13.8. The molecule has 0 aromatic heterocycles. The highest BCUT2D eigenvalue weighted by Crippen LogP contribution is 2.18. The summed E-state index contributed by atoms with van der Waals surface area (Å²) in [6, 6.07) is 7.27. The Morgan fingerprint density at radius 1 is 1.44 bits per heavy atom. The molecule has 1 aromatic carbocycles. The van der Waals surface area contributed by atoms with Gasteiger partial charge in [-0.3, -0.25) is 4.79 Å². The van der Waals surface area contributed by atoms with Crippen molar-refractivity contribution in [2.75, 3.05) is 6.61 Å². The average Bonchev–Trinajstić information content (AvgIpc) is 2.36. The van der Waals surface area contributed by atoms with Gasteiger partial charge in [0.25, 0.3) is 5.91 Å². The fourth-order valence-electron chi connectivity index (χ4n) is 1.43. The van der Waals surface area contributed by atoms with Crippen molar-refractivity contribution in [1.82, 2.24) is 5.32 Å². The van der Waals surface area contributed by atoms with E-state index in [1.165, 1.54) is 0 Å². The van der Waals surface area contributed by atoms with Crippen LogP contribution in [0.1, 0.15) is 38.9 Å². The molecule has 1 amide bonds.